The first-order valence-corrected chi connectivity index (χ1v) is 8.23. The van der Waals surface area contributed by atoms with Crippen LogP contribution in [-0.2, 0) is 33.3 Å². The Morgan fingerprint density at radius 1 is 1.12 bits per heavy atom. The molecule has 2 aliphatic rings. The average Bonchev–Trinajstić information content (AvgIpc) is 2.89. The second kappa shape index (κ2) is 7.84. The fourth-order valence-electron chi connectivity index (χ4n) is 2.56. The van der Waals surface area contributed by atoms with E-state index in [0.29, 0.717) is 5.17 Å². The van der Waals surface area contributed by atoms with E-state index in [2.05, 4.69) is 10.3 Å². The van der Waals surface area contributed by atoms with Crippen LogP contribution in [0.25, 0.3) is 0 Å². The third-order valence-electron chi connectivity index (χ3n) is 3.42. The van der Waals surface area contributed by atoms with Gasteiger partial charge in [0, 0.05) is 27.8 Å². The van der Waals surface area contributed by atoms with Crippen molar-refractivity contribution in [3.63, 3.8) is 0 Å². The maximum absolute atomic E-state index is 11.5. The molecule has 0 amide bonds. The number of ether oxygens (including phenoxy) is 4. The second-order valence-electron chi connectivity index (χ2n) is 5.31. The van der Waals surface area contributed by atoms with Gasteiger partial charge in [0.15, 0.2) is 17.4 Å². The van der Waals surface area contributed by atoms with E-state index in [1.165, 1.54) is 32.5 Å². The highest BCUT2D eigenvalue weighted by molar-refractivity contribution is 8.14. The number of esters is 3. The SMILES string of the molecule is CN=C1NC2C(O[C@H](COC(C)=O)[C@@H](OC(C)=O)[C@@H]2OC(C)=O)S1. The van der Waals surface area contributed by atoms with Gasteiger partial charge in [0.05, 0.1) is 0 Å². The number of thioether (sulfide) groups is 1. The van der Waals surface area contributed by atoms with Gasteiger partial charge in [0.2, 0.25) is 0 Å². The van der Waals surface area contributed by atoms with E-state index in [4.69, 9.17) is 18.9 Å². The van der Waals surface area contributed by atoms with Gasteiger partial charge in [-0.15, -0.1) is 0 Å². The predicted molar refractivity (Wildman–Crippen MR) is 84.3 cm³/mol. The summed E-state index contributed by atoms with van der Waals surface area (Å²) in [5.74, 6) is -1.56. The molecule has 2 rings (SSSR count). The number of hydrogen-bond acceptors (Lipinski definition) is 9. The largest absolute Gasteiger partial charge is 0.463 e. The molecule has 0 aromatic rings. The van der Waals surface area contributed by atoms with Crippen LogP contribution in [0.3, 0.4) is 0 Å². The second-order valence-corrected chi connectivity index (χ2v) is 6.40. The van der Waals surface area contributed by atoms with Crippen LogP contribution in [0.4, 0.5) is 0 Å². The topological polar surface area (TPSA) is 113 Å². The molecule has 0 saturated carbocycles. The van der Waals surface area contributed by atoms with E-state index < -0.39 is 47.7 Å². The summed E-state index contributed by atoms with van der Waals surface area (Å²) in [7, 11) is 1.62. The summed E-state index contributed by atoms with van der Waals surface area (Å²) in [5, 5.41) is 3.72. The zero-order valence-corrected chi connectivity index (χ0v) is 14.6. The third kappa shape index (κ3) is 4.38. The van der Waals surface area contributed by atoms with E-state index >= 15 is 0 Å². The van der Waals surface area contributed by atoms with E-state index in [1.807, 2.05) is 0 Å². The molecular weight excluding hydrogens is 340 g/mol. The first-order chi connectivity index (χ1) is 11.3. The number of aliphatic imine (C=N–C) groups is 1. The van der Waals surface area contributed by atoms with Crippen molar-refractivity contribution in [2.24, 2.45) is 4.99 Å². The number of nitrogens with zero attached hydrogens (tertiary/aromatic N) is 1. The highest BCUT2D eigenvalue weighted by Gasteiger charge is 2.53. The standard InChI is InChI=1S/C14H20N2O7S/c1-6(17)20-5-9-11(21-7(2)18)12(22-8(3)19)10-13(23-9)24-14(15-4)16-10/h9-13H,5H2,1-4H3,(H,15,16)/t9-,10?,11-,12-,13?/m1/s1. The molecule has 2 heterocycles. The molecule has 10 heteroatoms. The summed E-state index contributed by atoms with van der Waals surface area (Å²) < 4.78 is 21.6. The number of rotatable bonds is 4. The van der Waals surface area contributed by atoms with Gasteiger partial charge >= 0.3 is 17.9 Å². The number of carbonyl (C=O) groups is 3. The average molecular weight is 360 g/mol. The zero-order valence-electron chi connectivity index (χ0n) is 13.8. The maximum Gasteiger partial charge on any atom is 0.303 e. The molecule has 2 unspecified atom stereocenters. The van der Waals surface area contributed by atoms with E-state index in [-0.39, 0.29) is 6.61 Å². The minimum atomic E-state index is -0.906. The van der Waals surface area contributed by atoms with Crippen molar-refractivity contribution in [2.45, 2.75) is 50.6 Å². The molecule has 2 aliphatic heterocycles. The van der Waals surface area contributed by atoms with Crippen LogP contribution >= 0.6 is 11.8 Å². The molecule has 134 valence electrons. The summed E-state index contributed by atoms with van der Waals surface area (Å²) in [6.45, 7) is 3.67. The summed E-state index contributed by atoms with van der Waals surface area (Å²) >= 11 is 1.33. The van der Waals surface area contributed by atoms with Gasteiger partial charge in [-0.1, -0.05) is 11.8 Å². The van der Waals surface area contributed by atoms with Gasteiger partial charge in [0.25, 0.3) is 0 Å². The van der Waals surface area contributed by atoms with Crippen LogP contribution in [0, 0.1) is 0 Å². The lowest BCUT2D eigenvalue weighted by Gasteiger charge is -2.41. The van der Waals surface area contributed by atoms with E-state index in [0.717, 1.165) is 0 Å². The van der Waals surface area contributed by atoms with Crippen molar-refractivity contribution in [2.75, 3.05) is 13.7 Å². The molecule has 0 spiro atoms. The Kier molecular flexibility index (Phi) is 6.05. The van der Waals surface area contributed by atoms with Crippen LogP contribution in [-0.4, -0.2) is 66.5 Å². The van der Waals surface area contributed by atoms with Crippen LogP contribution in [0.5, 0.6) is 0 Å². The molecule has 0 radical (unpaired) electrons. The van der Waals surface area contributed by atoms with E-state index in [1.54, 1.807) is 7.05 Å². The number of carbonyl (C=O) groups excluding carboxylic acids is 3. The molecule has 0 aliphatic carbocycles. The first kappa shape index (κ1) is 18.5. The van der Waals surface area contributed by atoms with Crippen molar-refractivity contribution in [3.05, 3.63) is 0 Å². The van der Waals surface area contributed by atoms with Crippen molar-refractivity contribution >= 4 is 34.8 Å². The zero-order chi connectivity index (χ0) is 17.9. The van der Waals surface area contributed by atoms with Gasteiger partial charge in [-0.2, -0.15) is 0 Å². The Morgan fingerprint density at radius 3 is 2.29 bits per heavy atom. The molecule has 9 nitrogen and oxygen atoms in total. The maximum atomic E-state index is 11.5. The van der Waals surface area contributed by atoms with Crippen molar-refractivity contribution < 1.29 is 33.3 Å². The third-order valence-corrected chi connectivity index (χ3v) is 4.58. The Bertz CT molecular complexity index is 553. The Morgan fingerprint density at radius 2 is 1.75 bits per heavy atom. The first-order valence-electron chi connectivity index (χ1n) is 7.35. The minimum absolute atomic E-state index is 0.118. The highest BCUT2D eigenvalue weighted by atomic mass is 32.2. The molecule has 0 aromatic heterocycles. The number of amidine groups is 1. The highest BCUT2D eigenvalue weighted by Crippen LogP contribution is 2.36. The van der Waals surface area contributed by atoms with Crippen LogP contribution in [0.2, 0.25) is 0 Å². The van der Waals surface area contributed by atoms with Crippen LogP contribution < -0.4 is 5.32 Å². The quantitative estimate of drug-likeness (QED) is 0.539. The van der Waals surface area contributed by atoms with E-state index in [9.17, 15) is 14.4 Å². The Hall–Kier alpha value is -1.81. The molecular formula is C14H20N2O7S. The molecule has 1 N–H and O–H groups in total. The fraction of sp³-hybridized carbons (Fsp3) is 0.714. The normalized spacial score (nSPS) is 33.3. The molecule has 24 heavy (non-hydrogen) atoms. The van der Waals surface area contributed by atoms with Crippen molar-refractivity contribution in [1.82, 2.24) is 5.32 Å². The fourth-order valence-corrected chi connectivity index (χ4v) is 3.66. The van der Waals surface area contributed by atoms with Gasteiger partial charge in [-0.25, -0.2) is 0 Å². The lowest BCUT2D eigenvalue weighted by atomic mass is 9.97. The Labute approximate surface area is 143 Å². The summed E-state index contributed by atoms with van der Waals surface area (Å²) in [6.07, 6.45) is -2.46. The number of nitrogens with one attached hydrogen (secondary N) is 1. The lowest BCUT2D eigenvalue weighted by molar-refractivity contribution is -0.209. The molecule has 0 bridgehead atoms. The smallest absolute Gasteiger partial charge is 0.303 e. The van der Waals surface area contributed by atoms with Gasteiger partial charge < -0.3 is 24.3 Å². The summed E-state index contributed by atoms with van der Waals surface area (Å²) in [6, 6.07) is -0.435. The summed E-state index contributed by atoms with van der Waals surface area (Å²) in [5.41, 5.74) is -0.416. The van der Waals surface area contributed by atoms with Gasteiger partial charge in [-0.3, -0.25) is 19.4 Å². The van der Waals surface area contributed by atoms with Crippen molar-refractivity contribution in [1.29, 1.82) is 0 Å². The van der Waals surface area contributed by atoms with Crippen LogP contribution in [0.1, 0.15) is 20.8 Å². The lowest BCUT2D eigenvalue weighted by Crippen LogP contribution is -2.62. The number of hydrogen-bond donors (Lipinski definition) is 1. The Balaban J connectivity index is 2.27. The molecule has 2 fully saturated rings. The summed E-state index contributed by atoms with van der Waals surface area (Å²) in [4.78, 5) is 38.1. The van der Waals surface area contributed by atoms with Crippen molar-refractivity contribution in [3.8, 4) is 0 Å². The number of fused-ring (bicyclic) bond motifs is 1. The van der Waals surface area contributed by atoms with Gasteiger partial charge in [-0.05, 0) is 0 Å². The molecule has 5 atom stereocenters. The van der Waals surface area contributed by atoms with Gasteiger partial charge in [0.1, 0.15) is 24.2 Å². The molecule has 2 saturated heterocycles. The monoisotopic (exact) mass is 360 g/mol. The predicted octanol–water partition coefficient (Wildman–Crippen LogP) is -0.171. The molecule has 0 aromatic carbocycles. The van der Waals surface area contributed by atoms with Crippen LogP contribution in [0.15, 0.2) is 4.99 Å². The minimum Gasteiger partial charge on any atom is -0.463 e.